The third kappa shape index (κ3) is 2.55. The molecule has 0 saturated heterocycles. The van der Waals surface area contributed by atoms with Crippen molar-refractivity contribution in [3.63, 3.8) is 0 Å². The third-order valence-corrected chi connectivity index (χ3v) is 7.83. The van der Waals surface area contributed by atoms with E-state index < -0.39 is 17.4 Å². The quantitative estimate of drug-likeness (QED) is 0.714. The average Bonchev–Trinajstić information content (AvgIpc) is 2.24. The van der Waals surface area contributed by atoms with Crippen LogP contribution in [0.5, 0.6) is 0 Å². The second-order valence-electron chi connectivity index (χ2n) is 4.03. The fourth-order valence-corrected chi connectivity index (χ4v) is 5.41. The number of hydrogen-bond acceptors (Lipinski definition) is 0. The fraction of sp³-hybridized carbons (Fsp3) is 0.143. The van der Waals surface area contributed by atoms with Crippen LogP contribution < -0.4 is 8.24 Å². The molecular formula is C14H15Ga. The number of rotatable bonds is 2. The molecule has 2 rings (SSSR count). The van der Waals surface area contributed by atoms with Crippen LogP contribution in [0, 0.1) is 13.8 Å². The standard InChI is InChI=1S/2C7H7.Ga.H/c2*1-7-5-3-2-4-6-7;;/h2*2-5H,1H3;;. The molecule has 0 radical (unpaired) electrons. The average molecular weight is 253 g/mol. The molecule has 0 unspecified atom stereocenters. The molecule has 0 spiro atoms. The Kier molecular flexibility index (Phi) is 3.34. The summed E-state index contributed by atoms with van der Waals surface area (Å²) in [5.41, 5.74) is 2.92. The predicted molar refractivity (Wildman–Crippen MR) is 68.8 cm³/mol. The molecular weight excluding hydrogens is 238 g/mol. The van der Waals surface area contributed by atoms with Crippen molar-refractivity contribution in [3.05, 3.63) is 59.7 Å². The minimum atomic E-state index is -0.759. The van der Waals surface area contributed by atoms with Gasteiger partial charge in [-0.2, -0.15) is 0 Å². The van der Waals surface area contributed by atoms with Gasteiger partial charge in [-0.3, -0.25) is 0 Å². The van der Waals surface area contributed by atoms with Gasteiger partial charge in [0.25, 0.3) is 0 Å². The molecule has 0 amide bonds. The summed E-state index contributed by atoms with van der Waals surface area (Å²) >= 11 is -0.759. The van der Waals surface area contributed by atoms with Gasteiger partial charge in [0.05, 0.1) is 0 Å². The molecule has 0 heterocycles. The third-order valence-electron chi connectivity index (χ3n) is 2.90. The maximum atomic E-state index is 2.29. The zero-order valence-corrected chi connectivity index (χ0v) is 12.3. The van der Waals surface area contributed by atoms with Crippen LogP contribution in [0.3, 0.4) is 0 Å². The summed E-state index contributed by atoms with van der Waals surface area (Å²) in [5.74, 6) is 0. The van der Waals surface area contributed by atoms with E-state index in [0.717, 1.165) is 0 Å². The summed E-state index contributed by atoms with van der Waals surface area (Å²) in [4.78, 5) is 0. The molecule has 0 N–H and O–H groups in total. The van der Waals surface area contributed by atoms with Gasteiger partial charge >= 0.3 is 99.1 Å². The minimum absolute atomic E-state index is 0.759. The van der Waals surface area contributed by atoms with Crippen molar-refractivity contribution in [3.8, 4) is 0 Å². The first-order valence-electron chi connectivity index (χ1n) is 5.36. The molecule has 0 aromatic heterocycles. The zero-order chi connectivity index (χ0) is 10.7. The Balaban J connectivity index is 2.30. The van der Waals surface area contributed by atoms with E-state index in [4.69, 9.17) is 0 Å². The van der Waals surface area contributed by atoms with Gasteiger partial charge < -0.3 is 0 Å². The Hall–Kier alpha value is -0.924. The van der Waals surface area contributed by atoms with Crippen LogP contribution in [0.1, 0.15) is 11.1 Å². The first-order valence-corrected chi connectivity index (χ1v) is 8.33. The molecule has 0 aliphatic heterocycles. The van der Waals surface area contributed by atoms with Gasteiger partial charge in [-0.1, -0.05) is 0 Å². The summed E-state index contributed by atoms with van der Waals surface area (Å²) in [6.45, 7) is 4.44. The van der Waals surface area contributed by atoms with Gasteiger partial charge in [-0.05, 0) is 0 Å². The molecule has 0 aliphatic rings. The topological polar surface area (TPSA) is 0 Å². The Morgan fingerprint density at radius 1 is 0.667 bits per heavy atom. The van der Waals surface area contributed by atoms with Gasteiger partial charge in [-0.15, -0.1) is 0 Å². The molecule has 2 aromatic rings. The van der Waals surface area contributed by atoms with E-state index in [9.17, 15) is 0 Å². The predicted octanol–water partition coefficient (Wildman–Crippen LogP) is 1.69. The van der Waals surface area contributed by atoms with Gasteiger partial charge in [0.15, 0.2) is 0 Å². The SMILES string of the molecule is Cc1cccc[c]1[GaH][c]1ccccc1C. The Labute approximate surface area is 99.1 Å². The number of hydrogen-bond donors (Lipinski definition) is 0. The molecule has 0 fully saturated rings. The summed E-state index contributed by atoms with van der Waals surface area (Å²) in [6.07, 6.45) is 0. The van der Waals surface area contributed by atoms with Crippen molar-refractivity contribution in [2.75, 3.05) is 0 Å². The van der Waals surface area contributed by atoms with E-state index >= 15 is 0 Å². The number of aryl methyl sites for hydroxylation is 2. The summed E-state index contributed by atoms with van der Waals surface area (Å²) in [7, 11) is 0. The van der Waals surface area contributed by atoms with Crippen LogP contribution in [0.2, 0.25) is 0 Å². The Morgan fingerprint density at radius 2 is 1.07 bits per heavy atom. The van der Waals surface area contributed by atoms with Crippen LogP contribution in [0.4, 0.5) is 0 Å². The Bertz CT molecular complexity index is 417. The normalized spacial score (nSPS) is 10.0. The molecule has 0 nitrogen and oxygen atoms in total. The van der Waals surface area contributed by atoms with Crippen molar-refractivity contribution in [1.82, 2.24) is 0 Å². The zero-order valence-electron chi connectivity index (χ0n) is 9.33. The van der Waals surface area contributed by atoms with Crippen molar-refractivity contribution >= 4 is 25.6 Å². The van der Waals surface area contributed by atoms with Crippen LogP contribution in [0.25, 0.3) is 0 Å². The second-order valence-corrected chi connectivity index (χ2v) is 7.97. The van der Waals surface area contributed by atoms with Crippen LogP contribution >= 0.6 is 0 Å². The molecule has 1 heteroatoms. The first-order chi connectivity index (χ1) is 7.27. The van der Waals surface area contributed by atoms with Crippen molar-refractivity contribution in [1.29, 1.82) is 0 Å². The number of benzene rings is 2. The van der Waals surface area contributed by atoms with Gasteiger partial charge in [0.1, 0.15) is 0 Å². The molecule has 0 bridgehead atoms. The van der Waals surface area contributed by atoms with Crippen molar-refractivity contribution in [2.45, 2.75) is 13.8 Å². The monoisotopic (exact) mass is 252 g/mol. The van der Waals surface area contributed by atoms with Crippen molar-refractivity contribution in [2.24, 2.45) is 0 Å². The van der Waals surface area contributed by atoms with Crippen LogP contribution in [-0.4, -0.2) is 17.4 Å². The van der Waals surface area contributed by atoms with Crippen molar-refractivity contribution < 1.29 is 0 Å². The molecule has 0 saturated carbocycles. The summed E-state index contributed by atoms with van der Waals surface area (Å²) in [6, 6.07) is 17.6. The van der Waals surface area contributed by atoms with Crippen LogP contribution in [-0.2, 0) is 0 Å². The second kappa shape index (κ2) is 4.73. The van der Waals surface area contributed by atoms with E-state index in [-0.39, 0.29) is 0 Å². The van der Waals surface area contributed by atoms with Crippen LogP contribution in [0.15, 0.2) is 48.5 Å². The van der Waals surface area contributed by atoms with Gasteiger partial charge in [0.2, 0.25) is 0 Å². The first kappa shape index (κ1) is 10.6. The fourth-order valence-electron chi connectivity index (χ4n) is 1.82. The molecule has 0 aliphatic carbocycles. The maximum absolute atomic E-state index is 2.29. The van der Waals surface area contributed by atoms with E-state index in [1.54, 1.807) is 8.24 Å². The molecule has 74 valence electrons. The van der Waals surface area contributed by atoms with Gasteiger partial charge in [-0.25, -0.2) is 0 Å². The van der Waals surface area contributed by atoms with E-state index in [1.165, 1.54) is 11.1 Å². The molecule has 2 aromatic carbocycles. The Morgan fingerprint density at radius 3 is 1.47 bits per heavy atom. The molecule has 0 atom stereocenters. The summed E-state index contributed by atoms with van der Waals surface area (Å²) in [5, 5.41) is 0. The summed E-state index contributed by atoms with van der Waals surface area (Å²) < 4.78 is 3.22. The van der Waals surface area contributed by atoms with E-state index in [1.807, 2.05) is 0 Å². The van der Waals surface area contributed by atoms with E-state index in [0.29, 0.717) is 0 Å². The molecule has 15 heavy (non-hydrogen) atoms. The van der Waals surface area contributed by atoms with Gasteiger partial charge in [0, 0.05) is 0 Å². The van der Waals surface area contributed by atoms with E-state index in [2.05, 4.69) is 62.4 Å².